The SMILES string of the molecule is C[C@@H]1CCCC[C@@H]1NC(=O)COC(=O)/C=C/c1ccco1. The van der Waals surface area contributed by atoms with Crippen molar-refractivity contribution >= 4 is 18.0 Å². The number of nitrogens with one attached hydrogen (secondary N) is 1. The van der Waals surface area contributed by atoms with Gasteiger partial charge < -0.3 is 14.5 Å². The molecular formula is C16H21NO4. The molecule has 1 N–H and O–H groups in total. The summed E-state index contributed by atoms with van der Waals surface area (Å²) in [6.07, 6.45) is 8.76. The molecule has 0 radical (unpaired) electrons. The number of carbonyl (C=O) groups excluding carboxylic acids is 2. The summed E-state index contributed by atoms with van der Waals surface area (Å²) in [4.78, 5) is 23.2. The molecule has 0 aliphatic heterocycles. The van der Waals surface area contributed by atoms with Crippen molar-refractivity contribution in [1.82, 2.24) is 5.32 Å². The van der Waals surface area contributed by atoms with E-state index in [1.54, 1.807) is 12.1 Å². The quantitative estimate of drug-likeness (QED) is 0.668. The summed E-state index contributed by atoms with van der Waals surface area (Å²) in [6, 6.07) is 3.65. The maximum absolute atomic E-state index is 11.8. The first-order valence-electron chi connectivity index (χ1n) is 7.33. The van der Waals surface area contributed by atoms with E-state index in [9.17, 15) is 9.59 Å². The molecule has 5 nitrogen and oxygen atoms in total. The van der Waals surface area contributed by atoms with Gasteiger partial charge in [0.05, 0.1) is 6.26 Å². The molecule has 5 heteroatoms. The normalized spacial score (nSPS) is 22.1. The van der Waals surface area contributed by atoms with Crippen molar-refractivity contribution < 1.29 is 18.7 Å². The second kappa shape index (κ2) is 7.67. The number of esters is 1. The molecule has 0 bridgehead atoms. The molecule has 0 unspecified atom stereocenters. The van der Waals surface area contributed by atoms with Crippen molar-refractivity contribution in [2.45, 2.75) is 38.6 Å². The van der Waals surface area contributed by atoms with Gasteiger partial charge in [0, 0.05) is 12.1 Å². The minimum absolute atomic E-state index is 0.198. The summed E-state index contributed by atoms with van der Waals surface area (Å²) in [5.74, 6) is 0.247. The smallest absolute Gasteiger partial charge is 0.331 e. The Morgan fingerprint density at radius 2 is 2.24 bits per heavy atom. The number of carbonyl (C=O) groups is 2. The highest BCUT2D eigenvalue weighted by Crippen LogP contribution is 2.23. The van der Waals surface area contributed by atoms with Crippen LogP contribution in [-0.2, 0) is 14.3 Å². The van der Waals surface area contributed by atoms with Gasteiger partial charge in [0.1, 0.15) is 5.76 Å². The van der Waals surface area contributed by atoms with Crippen molar-refractivity contribution in [3.05, 3.63) is 30.2 Å². The van der Waals surface area contributed by atoms with E-state index in [1.807, 2.05) is 0 Å². The fourth-order valence-corrected chi connectivity index (χ4v) is 2.50. The molecule has 1 aliphatic carbocycles. The molecule has 0 aromatic carbocycles. The van der Waals surface area contributed by atoms with Gasteiger partial charge in [-0.2, -0.15) is 0 Å². The lowest BCUT2D eigenvalue weighted by atomic mass is 9.86. The molecule has 1 amide bonds. The first kappa shape index (κ1) is 15.4. The Labute approximate surface area is 124 Å². The molecule has 1 aliphatic rings. The van der Waals surface area contributed by atoms with Gasteiger partial charge in [-0.15, -0.1) is 0 Å². The third-order valence-electron chi connectivity index (χ3n) is 3.73. The molecule has 114 valence electrons. The first-order valence-corrected chi connectivity index (χ1v) is 7.33. The molecule has 2 atom stereocenters. The topological polar surface area (TPSA) is 68.5 Å². The first-order chi connectivity index (χ1) is 10.1. The average molecular weight is 291 g/mol. The van der Waals surface area contributed by atoms with Crippen LogP contribution in [0.3, 0.4) is 0 Å². The van der Waals surface area contributed by atoms with Crippen molar-refractivity contribution in [2.24, 2.45) is 5.92 Å². The van der Waals surface area contributed by atoms with Gasteiger partial charge in [0.25, 0.3) is 5.91 Å². The number of rotatable bonds is 5. The molecule has 1 saturated carbocycles. The van der Waals surface area contributed by atoms with Crippen molar-refractivity contribution in [3.63, 3.8) is 0 Å². The third kappa shape index (κ3) is 5.10. The zero-order chi connectivity index (χ0) is 15.1. The predicted octanol–water partition coefficient (Wildman–Crippen LogP) is 2.53. The summed E-state index contributed by atoms with van der Waals surface area (Å²) in [5, 5.41) is 2.93. The monoisotopic (exact) mass is 291 g/mol. The Balaban J connectivity index is 1.69. The lowest BCUT2D eigenvalue weighted by Gasteiger charge is -2.29. The minimum atomic E-state index is -0.557. The Kier molecular flexibility index (Phi) is 5.60. The van der Waals surface area contributed by atoms with Gasteiger partial charge in [-0.05, 0) is 37.0 Å². The fraction of sp³-hybridized carbons (Fsp3) is 0.500. The van der Waals surface area contributed by atoms with Crippen LogP contribution in [0.15, 0.2) is 28.9 Å². The molecule has 0 spiro atoms. The van der Waals surface area contributed by atoms with Crippen LogP contribution in [0.5, 0.6) is 0 Å². The molecule has 1 heterocycles. The minimum Gasteiger partial charge on any atom is -0.465 e. The Morgan fingerprint density at radius 1 is 1.43 bits per heavy atom. The van der Waals surface area contributed by atoms with E-state index in [0.717, 1.165) is 19.3 Å². The van der Waals surface area contributed by atoms with Crippen LogP contribution in [-0.4, -0.2) is 24.5 Å². The third-order valence-corrected chi connectivity index (χ3v) is 3.73. The highest BCUT2D eigenvalue weighted by molar-refractivity contribution is 5.88. The molecule has 1 aromatic rings. The average Bonchev–Trinajstić information content (AvgIpc) is 2.99. The molecule has 1 fully saturated rings. The van der Waals surface area contributed by atoms with Gasteiger partial charge in [0.2, 0.25) is 0 Å². The molecule has 21 heavy (non-hydrogen) atoms. The van der Waals surface area contributed by atoms with Gasteiger partial charge in [-0.3, -0.25) is 4.79 Å². The van der Waals surface area contributed by atoms with E-state index in [0.29, 0.717) is 11.7 Å². The van der Waals surface area contributed by atoms with E-state index < -0.39 is 5.97 Å². The largest absolute Gasteiger partial charge is 0.465 e. The second-order valence-corrected chi connectivity index (χ2v) is 5.39. The summed E-state index contributed by atoms with van der Waals surface area (Å²) in [5.41, 5.74) is 0. The van der Waals surface area contributed by atoms with Crippen molar-refractivity contribution in [3.8, 4) is 0 Å². The second-order valence-electron chi connectivity index (χ2n) is 5.39. The van der Waals surface area contributed by atoms with E-state index in [-0.39, 0.29) is 18.6 Å². The Bertz CT molecular complexity index is 492. The molecular weight excluding hydrogens is 270 g/mol. The van der Waals surface area contributed by atoms with Crippen molar-refractivity contribution in [2.75, 3.05) is 6.61 Å². The zero-order valence-corrected chi connectivity index (χ0v) is 12.2. The standard InChI is InChI=1S/C16H21NO4/c1-12-5-2-3-7-14(12)17-15(18)11-21-16(19)9-8-13-6-4-10-20-13/h4,6,8-10,12,14H,2-3,5,7,11H2,1H3,(H,17,18)/b9-8+/t12-,14+/m1/s1. The lowest BCUT2D eigenvalue weighted by molar-refractivity contribution is -0.144. The summed E-state index contributed by atoms with van der Waals surface area (Å²) in [6.45, 7) is 1.90. The van der Waals surface area contributed by atoms with Crippen LogP contribution in [0.2, 0.25) is 0 Å². The number of hydrogen-bond donors (Lipinski definition) is 1. The maximum atomic E-state index is 11.8. The Hall–Kier alpha value is -2.04. The summed E-state index contributed by atoms with van der Waals surface area (Å²) < 4.78 is 9.95. The number of ether oxygens (including phenoxy) is 1. The number of amides is 1. The van der Waals surface area contributed by atoms with Gasteiger partial charge >= 0.3 is 5.97 Å². The van der Waals surface area contributed by atoms with E-state index >= 15 is 0 Å². The zero-order valence-electron chi connectivity index (χ0n) is 12.2. The highest BCUT2D eigenvalue weighted by Gasteiger charge is 2.22. The van der Waals surface area contributed by atoms with Crippen LogP contribution in [0.25, 0.3) is 6.08 Å². The summed E-state index contributed by atoms with van der Waals surface area (Å²) >= 11 is 0. The van der Waals surface area contributed by atoms with Crippen LogP contribution in [0.4, 0.5) is 0 Å². The van der Waals surface area contributed by atoms with Crippen molar-refractivity contribution in [1.29, 1.82) is 0 Å². The molecule has 1 aromatic heterocycles. The highest BCUT2D eigenvalue weighted by atomic mass is 16.5. The Morgan fingerprint density at radius 3 is 2.95 bits per heavy atom. The number of hydrogen-bond acceptors (Lipinski definition) is 4. The van der Waals surface area contributed by atoms with Crippen LogP contribution in [0, 0.1) is 5.92 Å². The molecule has 2 rings (SSSR count). The van der Waals surface area contributed by atoms with Crippen LogP contribution < -0.4 is 5.32 Å². The van der Waals surface area contributed by atoms with E-state index in [2.05, 4.69) is 12.2 Å². The molecule has 0 saturated heterocycles. The van der Waals surface area contributed by atoms with Gasteiger partial charge in [0.15, 0.2) is 6.61 Å². The number of furan rings is 1. The van der Waals surface area contributed by atoms with Crippen LogP contribution >= 0.6 is 0 Å². The predicted molar refractivity (Wildman–Crippen MR) is 78.3 cm³/mol. The van der Waals surface area contributed by atoms with Gasteiger partial charge in [-0.1, -0.05) is 19.8 Å². The summed E-state index contributed by atoms with van der Waals surface area (Å²) in [7, 11) is 0. The lowest BCUT2D eigenvalue weighted by Crippen LogP contribution is -2.42. The van der Waals surface area contributed by atoms with Crippen LogP contribution in [0.1, 0.15) is 38.4 Å². The van der Waals surface area contributed by atoms with Gasteiger partial charge in [-0.25, -0.2) is 4.79 Å². The van der Waals surface area contributed by atoms with E-state index in [1.165, 1.54) is 24.8 Å². The maximum Gasteiger partial charge on any atom is 0.331 e. The van der Waals surface area contributed by atoms with E-state index in [4.69, 9.17) is 9.15 Å². The fourth-order valence-electron chi connectivity index (χ4n) is 2.50.